The first kappa shape index (κ1) is 39.7. The highest BCUT2D eigenvalue weighted by Crippen LogP contribution is 2.13. The molecule has 0 bridgehead atoms. The van der Waals surface area contributed by atoms with Gasteiger partial charge >= 0.3 is 0 Å². The number of thioether (sulfide) groups is 2. The zero-order chi connectivity index (χ0) is 33.2. The van der Waals surface area contributed by atoms with Crippen molar-refractivity contribution < 1.29 is 28.7 Å². The minimum absolute atomic E-state index is 0.103. The summed E-state index contributed by atoms with van der Waals surface area (Å²) in [5.74, 6) is 1.16. The first-order valence-corrected chi connectivity index (χ1v) is 18.4. The Morgan fingerprint density at radius 2 is 1.00 bits per heavy atom. The van der Waals surface area contributed by atoms with Gasteiger partial charge in [-0.05, 0) is 36.8 Å². The van der Waals surface area contributed by atoms with Gasteiger partial charge in [-0.15, -0.1) is 0 Å². The van der Waals surface area contributed by atoms with Crippen molar-refractivity contribution in [3.8, 4) is 0 Å². The summed E-state index contributed by atoms with van der Waals surface area (Å²) < 4.78 is 11.7. The Balaban J connectivity index is 1.72. The van der Waals surface area contributed by atoms with Crippen molar-refractivity contribution in [3.05, 3.63) is 71.8 Å². The minimum Gasteiger partial charge on any atom is -0.378 e. The number of imide groups is 1. The first-order valence-electron chi connectivity index (χ1n) is 16.4. The third kappa shape index (κ3) is 19.9. The van der Waals surface area contributed by atoms with Crippen LogP contribution in [0.5, 0.6) is 0 Å². The number of benzene rings is 2. The second kappa shape index (κ2) is 25.6. The second-order valence-electron chi connectivity index (χ2n) is 11.1. The Labute approximate surface area is 284 Å². The lowest BCUT2D eigenvalue weighted by atomic mass is 10.1. The minimum atomic E-state index is -0.173. The number of hydrogen-bond donors (Lipinski definition) is 0. The van der Waals surface area contributed by atoms with Gasteiger partial charge in [0.2, 0.25) is 11.8 Å². The molecule has 0 aliphatic heterocycles. The topological polar surface area (TPSA) is 93.2 Å². The molecule has 2 aromatic rings. The molecule has 0 saturated carbocycles. The number of rotatable bonds is 25. The number of nitrogens with zero attached hydrogens (tertiary/aromatic N) is 2. The normalized spacial score (nSPS) is 11.1. The summed E-state index contributed by atoms with van der Waals surface area (Å²) in [5.41, 5.74) is 2.52. The zero-order valence-electron chi connectivity index (χ0n) is 27.7. The van der Waals surface area contributed by atoms with E-state index < -0.39 is 0 Å². The summed E-state index contributed by atoms with van der Waals surface area (Å²) in [6.45, 7) is 7.44. The SMILES string of the molecule is CC(=O)SCCCCCC(=O)N(CCOCCOCCN(Cc1ccccc1)Cc1ccccc1)C(=O)CCCCCSC(C)=O. The van der Waals surface area contributed by atoms with E-state index in [1.807, 2.05) is 12.1 Å². The molecule has 0 aliphatic carbocycles. The summed E-state index contributed by atoms with van der Waals surface area (Å²) in [5, 5.41) is 0.206. The molecule has 0 spiro atoms. The number of carbonyl (C=O) groups excluding carboxylic acids is 4. The largest absolute Gasteiger partial charge is 0.378 e. The highest BCUT2D eigenvalue weighted by Gasteiger charge is 2.20. The summed E-state index contributed by atoms with van der Waals surface area (Å²) in [6.07, 6.45) is 5.38. The maximum atomic E-state index is 13.0. The highest BCUT2D eigenvalue weighted by atomic mass is 32.2. The lowest BCUT2D eigenvalue weighted by molar-refractivity contribution is -0.146. The molecule has 0 unspecified atom stereocenters. The van der Waals surface area contributed by atoms with Gasteiger partial charge in [-0.25, -0.2) is 0 Å². The third-order valence-corrected chi connectivity index (χ3v) is 8.96. The molecule has 46 heavy (non-hydrogen) atoms. The van der Waals surface area contributed by atoms with Gasteiger partial charge < -0.3 is 9.47 Å². The molecule has 0 N–H and O–H groups in total. The van der Waals surface area contributed by atoms with Crippen LogP contribution in [0.25, 0.3) is 0 Å². The van der Waals surface area contributed by atoms with E-state index in [9.17, 15) is 19.2 Å². The van der Waals surface area contributed by atoms with E-state index in [-0.39, 0.29) is 35.2 Å². The fourth-order valence-corrected chi connectivity index (χ4v) is 6.04. The van der Waals surface area contributed by atoms with E-state index >= 15 is 0 Å². The van der Waals surface area contributed by atoms with Gasteiger partial charge in [0.05, 0.1) is 33.0 Å². The van der Waals surface area contributed by atoms with Crippen molar-refractivity contribution >= 4 is 45.6 Å². The molecule has 2 amide bonds. The molecule has 0 aromatic heterocycles. The van der Waals surface area contributed by atoms with Crippen LogP contribution in [0.4, 0.5) is 0 Å². The van der Waals surface area contributed by atoms with E-state index in [0.717, 1.165) is 56.8 Å². The van der Waals surface area contributed by atoms with Gasteiger partial charge in [0.1, 0.15) is 0 Å². The fourth-order valence-electron chi connectivity index (χ4n) is 4.77. The Bertz CT molecular complexity index is 1060. The maximum Gasteiger partial charge on any atom is 0.229 e. The fraction of sp³-hybridized carbons (Fsp3) is 0.556. The van der Waals surface area contributed by atoms with Crippen molar-refractivity contribution in [2.24, 2.45) is 0 Å². The van der Waals surface area contributed by atoms with Gasteiger partial charge in [-0.3, -0.25) is 29.0 Å². The quantitative estimate of drug-likeness (QED) is 0.106. The van der Waals surface area contributed by atoms with E-state index in [2.05, 4.69) is 53.4 Å². The molecular formula is C36H52N2O6S2. The van der Waals surface area contributed by atoms with Crippen LogP contribution in [0, 0.1) is 0 Å². The predicted molar refractivity (Wildman–Crippen MR) is 189 cm³/mol. The van der Waals surface area contributed by atoms with Crippen LogP contribution < -0.4 is 0 Å². The molecule has 10 heteroatoms. The van der Waals surface area contributed by atoms with Crippen molar-refractivity contribution in [1.29, 1.82) is 0 Å². The summed E-state index contributed by atoms with van der Waals surface area (Å²) in [7, 11) is 0. The van der Waals surface area contributed by atoms with Gasteiger partial charge in [0, 0.05) is 57.8 Å². The van der Waals surface area contributed by atoms with Crippen molar-refractivity contribution in [2.75, 3.05) is 51.0 Å². The van der Waals surface area contributed by atoms with Gasteiger partial charge in [-0.1, -0.05) is 97.0 Å². The number of ether oxygens (including phenoxy) is 2. The Kier molecular flexibility index (Phi) is 22.1. The van der Waals surface area contributed by atoms with Crippen molar-refractivity contribution in [2.45, 2.75) is 78.3 Å². The van der Waals surface area contributed by atoms with Crippen LogP contribution in [-0.2, 0) is 41.7 Å². The monoisotopic (exact) mass is 672 g/mol. The predicted octanol–water partition coefficient (Wildman–Crippen LogP) is 6.76. The van der Waals surface area contributed by atoms with E-state index in [1.54, 1.807) is 13.8 Å². The molecular weight excluding hydrogens is 621 g/mol. The molecule has 0 atom stereocenters. The number of unbranched alkanes of at least 4 members (excludes halogenated alkanes) is 4. The van der Waals surface area contributed by atoms with Gasteiger partial charge in [0.15, 0.2) is 10.2 Å². The summed E-state index contributed by atoms with van der Waals surface area (Å²) >= 11 is 2.60. The lowest BCUT2D eigenvalue weighted by Gasteiger charge is -2.23. The molecule has 2 aromatic carbocycles. The molecule has 0 aliphatic rings. The average molecular weight is 673 g/mol. The first-order chi connectivity index (χ1) is 22.3. The van der Waals surface area contributed by atoms with E-state index in [1.165, 1.54) is 39.6 Å². The molecule has 0 heterocycles. The number of amides is 2. The van der Waals surface area contributed by atoms with Crippen LogP contribution in [0.1, 0.15) is 76.3 Å². The standard InChI is InChI=1S/C36H52N2O6S2/c1-31(39)45-27-13-5-11-19-35(41)38(36(42)20-12-6-14-28-46-32(2)40)22-24-44-26-25-43-23-21-37(29-33-15-7-3-8-16-33)30-34-17-9-4-10-18-34/h3-4,7-10,15-18H,5-6,11-14,19-30H2,1-2H3. The Hall–Kier alpha value is -2.50. The zero-order valence-corrected chi connectivity index (χ0v) is 29.3. The van der Waals surface area contributed by atoms with Crippen LogP contribution in [0.15, 0.2) is 60.7 Å². The molecule has 2 rings (SSSR count). The number of carbonyl (C=O) groups is 4. The van der Waals surface area contributed by atoms with Crippen LogP contribution in [0.2, 0.25) is 0 Å². The second-order valence-corrected chi connectivity index (χ2v) is 13.7. The lowest BCUT2D eigenvalue weighted by Crippen LogP contribution is -2.39. The molecule has 0 saturated heterocycles. The van der Waals surface area contributed by atoms with Crippen molar-refractivity contribution in [1.82, 2.24) is 9.80 Å². The summed E-state index contributed by atoms with van der Waals surface area (Å²) in [6, 6.07) is 20.8. The summed E-state index contributed by atoms with van der Waals surface area (Å²) in [4.78, 5) is 51.9. The van der Waals surface area contributed by atoms with Crippen LogP contribution >= 0.6 is 23.5 Å². The molecule has 0 fully saturated rings. The Morgan fingerprint density at radius 1 is 0.565 bits per heavy atom. The molecule has 254 valence electrons. The van der Waals surface area contributed by atoms with Crippen LogP contribution in [-0.4, -0.2) is 82.9 Å². The highest BCUT2D eigenvalue weighted by molar-refractivity contribution is 8.13. The van der Waals surface area contributed by atoms with E-state index in [4.69, 9.17) is 9.47 Å². The molecule has 0 radical (unpaired) electrons. The average Bonchev–Trinajstić information content (AvgIpc) is 3.04. The molecule has 8 nitrogen and oxygen atoms in total. The number of hydrogen-bond acceptors (Lipinski definition) is 9. The van der Waals surface area contributed by atoms with E-state index in [0.29, 0.717) is 45.5 Å². The van der Waals surface area contributed by atoms with Gasteiger partial charge in [-0.2, -0.15) is 0 Å². The maximum absolute atomic E-state index is 13.0. The third-order valence-electron chi connectivity index (χ3n) is 7.16. The smallest absolute Gasteiger partial charge is 0.229 e. The van der Waals surface area contributed by atoms with Crippen LogP contribution in [0.3, 0.4) is 0 Å². The van der Waals surface area contributed by atoms with Crippen molar-refractivity contribution in [3.63, 3.8) is 0 Å². The van der Waals surface area contributed by atoms with Gasteiger partial charge in [0.25, 0.3) is 0 Å². The Morgan fingerprint density at radius 3 is 1.43 bits per heavy atom.